The molecule has 1 fully saturated rings. The average molecular weight is 358 g/mol. The van der Waals surface area contributed by atoms with Crippen molar-refractivity contribution in [3.8, 4) is 5.75 Å². The van der Waals surface area contributed by atoms with Crippen LogP contribution in [-0.2, 0) is 7.05 Å². The molecular weight excluding hydrogens is 340 g/mol. The highest BCUT2D eigenvalue weighted by atomic mass is 16.6. The number of para-hydroxylation sites is 1. The smallest absolute Gasteiger partial charge is 0.311 e. The third kappa shape index (κ3) is 3.10. The highest BCUT2D eigenvalue weighted by Gasteiger charge is 2.29. The first-order chi connectivity index (χ1) is 12.4. The van der Waals surface area contributed by atoms with Gasteiger partial charge in [-0.3, -0.25) is 19.7 Å². The lowest BCUT2D eigenvalue weighted by Gasteiger charge is -2.34. The molecule has 0 atom stereocenters. The topological polar surface area (TPSA) is 109 Å². The van der Waals surface area contributed by atoms with Crippen LogP contribution in [-0.4, -0.2) is 62.4 Å². The first-order valence-corrected chi connectivity index (χ1v) is 8.06. The predicted molar refractivity (Wildman–Crippen MR) is 92.0 cm³/mol. The van der Waals surface area contributed by atoms with Gasteiger partial charge in [0.15, 0.2) is 0 Å². The van der Waals surface area contributed by atoms with Crippen LogP contribution in [0.2, 0.25) is 0 Å². The summed E-state index contributed by atoms with van der Waals surface area (Å²) in [5.41, 5.74) is -0.0455. The van der Waals surface area contributed by atoms with Crippen molar-refractivity contribution in [2.75, 3.05) is 26.2 Å². The fourth-order valence-electron chi connectivity index (χ4n) is 2.98. The maximum atomic E-state index is 12.6. The van der Waals surface area contributed by atoms with Crippen LogP contribution in [0, 0.1) is 10.1 Å². The molecule has 9 heteroatoms. The summed E-state index contributed by atoms with van der Waals surface area (Å²) >= 11 is 0. The van der Waals surface area contributed by atoms with E-state index in [0.717, 1.165) is 6.07 Å². The molecular formula is C17H18N4O5. The molecule has 136 valence electrons. The van der Waals surface area contributed by atoms with E-state index in [4.69, 9.17) is 0 Å². The third-order valence-electron chi connectivity index (χ3n) is 4.46. The number of piperazine rings is 1. The summed E-state index contributed by atoms with van der Waals surface area (Å²) in [6.07, 6.45) is 1.79. The number of hydrogen-bond acceptors (Lipinski definition) is 5. The Bertz CT molecular complexity index is 868. The number of amides is 2. The number of phenolic OH excluding ortho intramolecular Hbond substituents is 1. The van der Waals surface area contributed by atoms with Crippen molar-refractivity contribution in [3.63, 3.8) is 0 Å². The van der Waals surface area contributed by atoms with E-state index in [1.165, 1.54) is 17.0 Å². The summed E-state index contributed by atoms with van der Waals surface area (Å²) in [6.45, 7) is 1.28. The number of aryl methyl sites for hydroxylation is 1. The SMILES string of the molecule is Cn1cccc1C(=O)N1CCN(C(=O)c2cccc([N+](=O)[O-])c2O)CC1. The Labute approximate surface area is 149 Å². The molecule has 0 aliphatic carbocycles. The molecule has 2 amide bonds. The van der Waals surface area contributed by atoms with Gasteiger partial charge in [-0.25, -0.2) is 0 Å². The van der Waals surface area contributed by atoms with Crippen molar-refractivity contribution < 1.29 is 19.6 Å². The van der Waals surface area contributed by atoms with Gasteiger partial charge in [-0.15, -0.1) is 0 Å². The molecule has 3 rings (SSSR count). The Balaban J connectivity index is 1.70. The van der Waals surface area contributed by atoms with Crippen molar-refractivity contribution in [2.45, 2.75) is 0 Å². The normalized spacial score (nSPS) is 14.3. The molecule has 1 aromatic carbocycles. The third-order valence-corrected chi connectivity index (χ3v) is 4.46. The van der Waals surface area contributed by atoms with E-state index in [2.05, 4.69) is 0 Å². The molecule has 1 aromatic heterocycles. The number of aromatic nitrogens is 1. The van der Waals surface area contributed by atoms with Crippen LogP contribution >= 0.6 is 0 Å². The van der Waals surface area contributed by atoms with Gasteiger partial charge >= 0.3 is 5.69 Å². The van der Waals surface area contributed by atoms with Gasteiger partial charge < -0.3 is 19.5 Å². The number of benzene rings is 1. The standard InChI is InChI=1S/C17H18N4O5/c1-18-7-3-6-14(18)17(24)20-10-8-19(9-11-20)16(23)12-4-2-5-13(15(12)22)21(25)26/h2-7,22H,8-11H2,1H3. The van der Waals surface area contributed by atoms with Crippen molar-refractivity contribution >= 4 is 17.5 Å². The quantitative estimate of drug-likeness (QED) is 0.656. The number of carbonyl (C=O) groups is 2. The molecule has 1 N–H and O–H groups in total. The fraction of sp³-hybridized carbons (Fsp3) is 0.294. The van der Waals surface area contributed by atoms with Gasteiger partial charge in [0.05, 0.1) is 10.5 Å². The summed E-state index contributed by atoms with van der Waals surface area (Å²) in [6, 6.07) is 7.38. The summed E-state index contributed by atoms with van der Waals surface area (Å²) in [7, 11) is 1.79. The lowest BCUT2D eigenvalue weighted by Crippen LogP contribution is -2.50. The minimum Gasteiger partial charge on any atom is -0.502 e. The molecule has 0 saturated carbocycles. The van der Waals surface area contributed by atoms with Crippen LogP contribution in [0.25, 0.3) is 0 Å². The molecule has 1 aliphatic rings. The van der Waals surface area contributed by atoms with Crippen LogP contribution in [0.4, 0.5) is 5.69 Å². The first kappa shape index (κ1) is 17.5. The van der Waals surface area contributed by atoms with E-state index in [1.807, 2.05) is 0 Å². The zero-order valence-electron chi connectivity index (χ0n) is 14.2. The lowest BCUT2D eigenvalue weighted by molar-refractivity contribution is -0.385. The molecule has 0 unspecified atom stereocenters. The molecule has 0 bridgehead atoms. The average Bonchev–Trinajstić information content (AvgIpc) is 3.06. The Morgan fingerprint density at radius 3 is 2.19 bits per heavy atom. The number of nitrogens with zero attached hydrogens (tertiary/aromatic N) is 4. The van der Waals surface area contributed by atoms with Gasteiger partial charge in [-0.1, -0.05) is 6.07 Å². The Morgan fingerprint density at radius 1 is 1.04 bits per heavy atom. The predicted octanol–water partition coefficient (Wildman–Crippen LogP) is 1.24. The van der Waals surface area contributed by atoms with Gasteiger partial charge in [-0.2, -0.15) is 0 Å². The van der Waals surface area contributed by atoms with Crippen LogP contribution in [0.1, 0.15) is 20.8 Å². The Kier molecular flexibility index (Phi) is 4.61. The summed E-state index contributed by atoms with van der Waals surface area (Å²) in [5, 5.41) is 20.9. The molecule has 0 spiro atoms. The lowest BCUT2D eigenvalue weighted by atomic mass is 10.1. The molecule has 1 saturated heterocycles. The van der Waals surface area contributed by atoms with E-state index in [-0.39, 0.29) is 24.6 Å². The van der Waals surface area contributed by atoms with Gasteiger partial charge in [-0.05, 0) is 18.2 Å². The van der Waals surface area contributed by atoms with Crippen LogP contribution in [0.3, 0.4) is 0 Å². The maximum absolute atomic E-state index is 12.6. The number of nitro benzene ring substituents is 1. The molecule has 1 aliphatic heterocycles. The number of nitro groups is 1. The van der Waals surface area contributed by atoms with Crippen molar-refractivity contribution in [2.24, 2.45) is 7.05 Å². The zero-order valence-corrected chi connectivity index (χ0v) is 14.2. The maximum Gasteiger partial charge on any atom is 0.311 e. The first-order valence-electron chi connectivity index (χ1n) is 8.06. The highest BCUT2D eigenvalue weighted by Crippen LogP contribution is 2.30. The summed E-state index contributed by atoms with van der Waals surface area (Å²) in [5.74, 6) is -1.23. The van der Waals surface area contributed by atoms with Crippen molar-refractivity contribution in [3.05, 3.63) is 57.9 Å². The monoisotopic (exact) mass is 358 g/mol. The van der Waals surface area contributed by atoms with E-state index in [0.29, 0.717) is 18.8 Å². The molecule has 2 aromatic rings. The summed E-state index contributed by atoms with van der Waals surface area (Å²) < 4.78 is 1.74. The highest BCUT2D eigenvalue weighted by molar-refractivity contribution is 5.98. The molecule has 9 nitrogen and oxygen atoms in total. The largest absolute Gasteiger partial charge is 0.502 e. The minimum atomic E-state index is -0.734. The van der Waals surface area contributed by atoms with Crippen LogP contribution < -0.4 is 0 Å². The second kappa shape index (κ2) is 6.87. The van der Waals surface area contributed by atoms with E-state index in [1.54, 1.807) is 34.8 Å². The van der Waals surface area contributed by atoms with Gasteiger partial charge in [0, 0.05) is 45.5 Å². The Morgan fingerprint density at radius 2 is 1.65 bits per heavy atom. The minimum absolute atomic E-state index is 0.109. The summed E-state index contributed by atoms with van der Waals surface area (Å²) in [4.78, 5) is 38.4. The number of hydrogen-bond donors (Lipinski definition) is 1. The van der Waals surface area contributed by atoms with Gasteiger partial charge in [0.1, 0.15) is 5.69 Å². The number of phenols is 1. The van der Waals surface area contributed by atoms with E-state index in [9.17, 15) is 24.8 Å². The fourth-order valence-corrected chi connectivity index (χ4v) is 2.98. The zero-order chi connectivity index (χ0) is 18.8. The number of aromatic hydroxyl groups is 1. The number of rotatable bonds is 3. The van der Waals surface area contributed by atoms with Crippen molar-refractivity contribution in [1.82, 2.24) is 14.4 Å². The van der Waals surface area contributed by atoms with Crippen molar-refractivity contribution in [1.29, 1.82) is 0 Å². The molecule has 0 radical (unpaired) electrons. The number of carbonyl (C=O) groups excluding carboxylic acids is 2. The Hall–Kier alpha value is -3.36. The van der Waals surface area contributed by atoms with Crippen LogP contribution in [0.15, 0.2) is 36.5 Å². The molecule has 26 heavy (non-hydrogen) atoms. The van der Waals surface area contributed by atoms with Gasteiger partial charge in [0.2, 0.25) is 5.75 Å². The van der Waals surface area contributed by atoms with Crippen LogP contribution in [0.5, 0.6) is 5.75 Å². The second-order valence-corrected chi connectivity index (χ2v) is 6.02. The van der Waals surface area contributed by atoms with E-state index >= 15 is 0 Å². The van der Waals surface area contributed by atoms with E-state index < -0.39 is 22.3 Å². The van der Waals surface area contributed by atoms with Gasteiger partial charge in [0.25, 0.3) is 11.8 Å². The molecule has 2 heterocycles. The second-order valence-electron chi connectivity index (χ2n) is 6.02.